The number of rotatable bonds is 4. The van der Waals surface area contributed by atoms with E-state index in [0.29, 0.717) is 6.42 Å². The molecule has 0 aliphatic heterocycles. The Balaban J connectivity index is 3.03. The molecular weight excluding hydrogens is 239 g/mol. The Hall–Kier alpha value is -1.16. The second-order valence-electron chi connectivity index (χ2n) is 4.45. The largest absolute Gasteiger partial charge is 0.232 e. The zero-order valence-corrected chi connectivity index (χ0v) is 11.1. The predicted octanol–water partition coefficient (Wildman–Crippen LogP) is 3.63. The fourth-order valence-corrected chi connectivity index (χ4v) is 2.30. The Morgan fingerprint density at radius 2 is 1.82 bits per heavy atom. The molecule has 0 spiro atoms. The Labute approximate surface area is 102 Å². The van der Waals surface area contributed by atoms with Gasteiger partial charge in [-0.25, -0.2) is 8.42 Å². The summed E-state index contributed by atoms with van der Waals surface area (Å²) in [4.78, 5) is 0.000561. The number of allylic oxidation sites excluding steroid dienone is 1. The van der Waals surface area contributed by atoms with Gasteiger partial charge in [-0.05, 0) is 37.5 Å². The van der Waals surface area contributed by atoms with Crippen LogP contribution in [0.5, 0.6) is 0 Å². The molecule has 0 radical (unpaired) electrons. The quantitative estimate of drug-likeness (QED) is 0.824. The van der Waals surface area contributed by atoms with Crippen LogP contribution in [0.25, 0.3) is 0 Å². The highest BCUT2D eigenvalue weighted by molar-refractivity contribution is 7.95. The molecule has 0 atom stereocenters. The summed E-state index contributed by atoms with van der Waals surface area (Å²) in [7, 11) is -3.96. The van der Waals surface area contributed by atoms with Gasteiger partial charge in [0.2, 0.25) is 15.0 Å². The Kier molecular flexibility index (Phi) is 4.46. The minimum absolute atomic E-state index is 0.000561. The molecule has 0 N–H and O–H groups in total. The van der Waals surface area contributed by atoms with Crippen molar-refractivity contribution in [3.05, 3.63) is 41.1 Å². The molecule has 0 fully saturated rings. The predicted molar refractivity (Wildman–Crippen MR) is 67.0 cm³/mol. The highest BCUT2D eigenvalue weighted by Crippen LogP contribution is 2.21. The first kappa shape index (κ1) is 13.9. The molecule has 4 heteroatoms. The van der Waals surface area contributed by atoms with E-state index in [-0.39, 0.29) is 10.8 Å². The van der Waals surface area contributed by atoms with E-state index in [1.165, 1.54) is 12.1 Å². The van der Waals surface area contributed by atoms with E-state index in [0.717, 1.165) is 11.6 Å². The van der Waals surface area contributed by atoms with Crippen molar-refractivity contribution >= 4 is 9.84 Å². The van der Waals surface area contributed by atoms with Crippen molar-refractivity contribution in [1.82, 2.24) is 0 Å². The van der Waals surface area contributed by atoms with Crippen molar-refractivity contribution in [3.63, 3.8) is 0 Å². The first-order valence-corrected chi connectivity index (χ1v) is 6.99. The molecule has 94 valence electrons. The first-order chi connectivity index (χ1) is 7.84. The summed E-state index contributed by atoms with van der Waals surface area (Å²) >= 11 is 0. The van der Waals surface area contributed by atoms with Crippen LogP contribution >= 0.6 is 0 Å². The van der Waals surface area contributed by atoms with Crippen LogP contribution in [0.4, 0.5) is 4.39 Å². The molecule has 0 heterocycles. The van der Waals surface area contributed by atoms with Crippen molar-refractivity contribution in [3.8, 4) is 0 Å². The van der Waals surface area contributed by atoms with E-state index >= 15 is 0 Å². The maximum absolute atomic E-state index is 13.6. The summed E-state index contributed by atoms with van der Waals surface area (Å²) in [6, 6.07) is 6.16. The normalized spacial score (nSPS) is 13.1. The van der Waals surface area contributed by atoms with Crippen LogP contribution < -0.4 is 0 Å². The molecule has 0 aliphatic carbocycles. The number of halogens is 1. The van der Waals surface area contributed by atoms with Gasteiger partial charge in [-0.2, -0.15) is 4.39 Å². The van der Waals surface area contributed by atoms with Crippen LogP contribution in [-0.4, -0.2) is 8.42 Å². The second-order valence-corrected chi connectivity index (χ2v) is 6.32. The molecule has 17 heavy (non-hydrogen) atoms. The monoisotopic (exact) mass is 256 g/mol. The van der Waals surface area contributed by atoms with Crippen LogP contribution in [-0.2, 0) is 9.84 Å². The van der Waals surface area contributed by atoms with Gasteiger partial charge >= 0.3 is 0 Å². The van der Waals surface area contributed by atoms with E-state index in [4.69, 9.17) is 0 Å². The van der Waals surface area contributed by atoms with E-state index in [1.807, 2.05) is 20.8 Å². The number of sulfone groups is 1. The van der Waals surface area contributed by atoms with E-state index in [2.05, 4.69) is 0 Å². The van der Waals surface area contributed by atoms with Crippen molar-refractivity contribution < 1.29 is 12.8 Å². The lowest BCUT2D eigenvalue weighted by molar-refractivity contribution is 0.571. The van der Waals surface area contributed by atoms with Crippen LogP contribution in [0.2, 0.25) is 0 Å². The summed E-state index contributed by atoms with van der Waals surface area (Å²) in [5, 5.41) is -1.06. The van der Waals surface area contributed by atoms with E-state index in [9.17, 15) is 12.8 Å². The maximum Gasteiger partial charge on any atom is 0.232 e. The van der Waals surface area contributed by atoms with Crippen molar-refractivity contribution in [2.75, 3.05) is 0 Å². The third-order valence-electron chi connectivity index (χ3n) is 2.34. The van der Waals surface area contributed by atoms with Gasteiger partial charge in [-0.15, -0.1) is 0 Å². The topological polar surface area (TPSA) is 34.1 Å². The minimum atomic E-state index is -3.96. The van der Waals surface area contributed by atoms with E-state index < -0.39 is 15.0 Å². The van der Waals surface area contributed by atoms with Gasteiger partial charge in [-0.1, -0.05) is 31.5 Å². The number of hydrogen-bond donors (Lipinski definition) is 0. The highest BCUT2D eigenvalue weighted by Gasteiger charge is 2.20. The summed E-state index contributed by atoms with van der Waals surface area (Å²) in [6.45, 7) is 5.66. The number of hydrogen-bond acceptors (Lipinski definition) is 2. The molecule has 2 nitrogen and oxygen atoms in total. The smallest absolute Gasteiger partial charge is 0.216 e. The van der Waals surface area contributed by atoms with Gasteiger partial charge in [-0.3, -0.25) is 0 Å². The number of benzene rings is 1. The van der Waals surface area contributed by atoms with Crippen LogP contribution in [0, 0.1) is 12.8 Å². The molecule has 0 unspecified atom stereocenters. The zero-order chi connectivity index (χ0) is 13.1. The van der Waals surface area contributed by atoms with Gasteiger partial charge < -0.3 is 0 Å². The van der Waals surface area contributed by atoms with Crippen molar-refractivity contribution in [1.29, 1.82) is 0 Å². The fraction of sp³-hybridized carbons (Fsp3) is 0.385. The summed E-state index contributed by atoms with van der Waals surface area (Å²) in [5.74, 6) is 0.231. The fourth-order valence-electron chi connectivity index (χ4n) is 1.27. The van der Waals surface area contributed by atoms with Gasteiger partial charge in [0, 0.05) is 0 Å². The molecule has 1 aromatic carbocycles. The highest BCUT2D eigenvalue weighted by atomic mass is 32.2. The molecule has 0 saturated heterocycles. The summed E-state index contributed by atoms with van der Waals surface area (Å²) in [5.41, 5.74) is 0.940. The maximum atomic E-state index is 13.6. The van der Waals surface area contributed by atoms with Gasteiger partial charge in [0.1, 0.15) is 0 Å². The molecule has 0 amide bonds. The third-order valence-corrected chi connectivity index (χ3v) is 3.91. The van der Waals surface area contributed by atoms with Gasteiger partial charge in [0.25, 0.3) is 0 Å². The van der Waals surface area contributed by atoms with Crippen molar-refractivity contribution in [2.24, 2.45) is 5.92 Å². The zero-order valence-electron chi connectivity index (χ0n) is 10.3. The Morgan fingerprint density at radius 3 is 2.29 bits per heavy atom. The Bertz CT molecular complexity index is 499. The third kappa shape index (κ3) is 3.66. The lowest BCUT2D eigenvalue weighted by atomic mass is 10.1. The van der Waals surface area contributed by atoms with Crippen LogP contribution in [0.1, 0.15) is 25.8 Å². The SMILES string of the molecule is Cc1ccc(S(=O)(=O)/C(F)=C\CC(C)C)cc1. The molecule has 0 aromatic heterocycles. The van der Waals surface area contributed by atoms with Gasteiger partial charge in [0.05, 0.1) is 4.90 Å². The van der Waals surface area contributed by atoms with Gasteiger partial charge in [0.15, 0.2) is 0 Å². The lowest BCUT2D eigenvalue weighted by Crippen LogP contribution is -2.02. The average molecular weight is 256 g/mol. The molecule has 0 aliphatic rings. The molecule has 1 aromatic rings. The summed E-state index contributed by atoms with van der Waals surface area (Å²) < 4.78 is 37.2. The van der Waals surface area contributed by atoms with E-state index in [1.54, 1.807) is 12.1 Å². The Morgan fingerprint density at radius 1 is 1.29 bits per heavy atom. The average Bonchev–Trinajstić information content (AvgIpc) is 2.26. The molecule has 0 saturated carbocycles. The van der Waals surface area contributed by atoms with Crippen LogP contribution in [0.3, 0.4) is 0 Å². The molecule has 1 rings (SSSR count). The standard InChI is InChI=1S/C13H17FO2S/c1-10(2)4-9-13(14)17(15,16)12-7-5-11(3)6-8-12/h5-10H,4H2,1-3H3/b13-9-. The minimum Gasteiger partial charge on any atom is -0.216 e. The first-order valence-electron chi connectivity index (χ1n) is 5.51. The van der Waals surface area contributed by atoms with Crippen molar-refractivity contribution in [2.45, 2.75) is 32.1 Å². The summed E-state index contributed by atoms with van der Waals surface area (Å²) in [6.07, 6.45) is 1.55. The second kappa shape index (κ2) is 5.45. The number of aryl methyl sites for hydroxylation is 1. The van der Waals surface area contributed by atoms with Crippen LogP contribution in [0.15, 0.2) is 40.4 Å². The lowest BCUT2D eigenvalue weighted by Gasteiger charge is -2.03. The molecule has 0 bridgehead atoms. The molecular formula is C13H17FO2S.